The van der Waals surface area contributed by atoms with E-state index < -0.39 is 12.7 Å². The SMILES string of the molecule is CCc1cc(CN)cc(N(CC(F)(F)F)C(C)C)n1. The number of halogens is 3. The highest BCUT2D eigenvalue weighted by atomic mass is 19.4. The number of hydrogen-bond donors (Lipinski definition) is 1. The molecule has 1 aromatic heterocycles. The summed E-state index contributed by atoms with van der Waals surface area (Å²) < 4.78 is 37.9. The maximum absolute atomic E-state index is 12.6. The van der Waals surface area contributed by atoms with Crippen molar-refractivity contribution in [2.24, 2.45) is 5.73 Å². The lowest BCUT2D eigenvalue weighted by Crippen LogP contribution is -2.39. The number of alkyl halides is 3. The van der Waals surface area contributed by atoms with Crippen LogP contribution >= 0.6 is 0 Å². The van der Waals surface area contributed by atoms with Crippen LogP contribution in [0.25, 0.3) is 0 Å². The zero-order valence-electron chi connectivity index (χ0n) is 11.5. The van der Waals surface area contributed by atoms with E-state index in [1.807, 2.05) is 13.0 Å². The molecule has 0 fully saturated rings. The van der Waals surface area contributed by atoms with E-state index in [-0.39, 0.29) is 6.04 Å². The first-order chi connectivity index (χ1) is 8.76. The minimum Gasteiger partial charge on any atom is -0.345 e. The van der Waals surface area contributed by atoms with Gasteiger partial charge in [-0.25, -0.2) is 4.98 Å². The van der Waals surface area contributed by atoms with Crippen molar-refractivity contribution in [1.82, 2.24) is 4.98 Å². The molecule has 1 heterocycles. The van der Waals surface area contributed by atoms with Crippen LogP contribution in [0.1, 0.15) is 32.0 Å². The second kappa shape index (κ2) is 6.23. The molecule has 0 unspecified atom stereocenters. The summed E-state index contributed by atoms with van der Waals surface area (Å²) >= 11 is 0. The third-order valence-electron chi connectivity index (χ3n) is 2.79. The van der Waals surface area contributed by atoms with E-state index in [2.05, 4.69) is 4.98 Å². The Kier molecular flexibility index (Phi) is 5.17. The van der Waals surface area contributed by atoms with Crippen molar-refractivity contribution in [3.63, 3.8) is 0 Å². The standard InChI is InChI=1S/C13H20F3N3/c1-4-11-5-10(7-17)6-12(18-11)19(9(2)3)8-13(14,15)16/h5-6,9H,4,7-8,17H2,1-3H3. The van der Waals surface area contributed by atoms with E-state index in [0.717, 1.165) is 11.3 Å². The Morgan fingerprint density at radius 2 is 1.95 bits per heavy atom. The first-order valence-corrected chi connectivity index (χ1v) is 6.30. The Labute approximate surface area is 111 Å². The van der Waals surface area contributed by atoms with E-state index >= 15 is 0 Å². The first kappa shape index (κ1) is 15.8. The fraction of sp³-hybridized carbons (Fsp3) is 0.615. The van der Waals surface area contributed by atoms with Crippen LogP contribution in [-0.4, -0.2) is 23.7 Å². The molecular weight excluding hydrogens is 255 g/mol. The Hall–Kier alpha value is -1.30. The molecule has 0 saturated heterocycles. The van der Waals surface area contributed by atoms with Crippen LogP contribution in [0.5, 0.6) is 0 Å². The summed E-state index contributed by atoms with van der Waals surface area (Å²) in [7, 11) is 0. The number of nitrogens with zero attached hydrogens (tertiary/aromatic N) is 2. The molecule has 0 amide bonds. The predicted molar refractivity (Wildman–Crippen MR) is 70.0 cm³/mol. The quantitative estimate of drug-likeness (QED) is 0.898. The number of nitrogens with two attached hydrogens (primary N) is 1. The van der Waals surface area contributed by atoms with Crippen LogP contribution in [0, 0.1) is 0 Å². The molecule has 0 atom stereocenters. The topological polar surface area (TPSA) is 42.1 Å². The normalized spacial score (nSPS) is 12.0. The maximum atomic E-state index is 12.6. The summed E-state index contributed by atoms with van der Waals surface area (Å²) in [5, 5.41) is 0. The molecule has 2 N–H and O–H groups in total. The van der Waals surface area contributed by atoms with Gasteiger partial charge in [-0.1, -0.05) is 6.92 Å². The van der Waals surface area contributed by atoms with Crippen LogP contribution in [0.2, 0.25) is 0 Å². The van der Waals surface area contributed by atoms with Gasteiger partial charge in [0, 0.05) is 18.3 Å². The van der Waals surface area contributed by atoms with Gasteiger partial charge in [0.15, 0.2) is 0 Å². The Balaban J connectivity index is 3.14. The molecule has 0 bridgehead atoms. The van der Waals surface area contributed by atoms with Crippen LogP contribution in [0.15, 0.2) is 12.1 Å². The number of rotatable bonds is 5. The lowest BCUT2D eigenvalue weighted by Gasteiger charge is -2.29. The van der Waals surface area contributed by atoms with Crippen molar-refractivity contribution in [2.75, 3.05) is 11.4 Å². The minimum absolute atomic E-state index is 0.285. The van der Waals surface area contributed by atoms with Crippen LogP contribution in [-0.2, 0) is 13.0 Å². The van der Waals surface area contributed by atoms with Gasteiger partial charge in [-0.2, -0.15) is 13.2 Å². The van der Waals surface area contributed by atoms with E-state index in [4.69, 9.17) is 5.73 Å². The van der Waals surface area contributed by atoms with Crippen molar-refractivity contribution >= 4 is 5.82 Å². The molecule has 0 radical (unpaired) electrons. The monoisotopic (exact) mass is 275 g/mol. The van der Waals surface area contributed by atoms with E-state index in [1.54, 1.807) is 19.9 Å². The van der Waals surface area contributed by atoms with E-state index in [9.17, 15) is 13.2 Å². The molecule has 0 spiro atoms. The molecule has 0 aromatic carbocycles. The summed E-state index contributed by atoms with van der Waals surface area (Å²) in [6, 6.07) is 3.17. The Morgan fingerprint density at radius 3 is 2.37 bits per heavy atom. The third-order valence-corrected chi connectivity index (χ3v) is 2.79. The molecule has 0 aliphatic rings. The highest BCUT2D eigenvalue weighted by Crippen LogP contribution is 2.24. The number of anilines is 1. The molecule has 0 aliphatic carbocycles. The highest BCUT2D eigenvalue weighted by Gasteiger charge is 2.32. The van der Waals surface area contributed by atoms with Crippen molar-refractivity contribution in [3.8, 4) is 0 Å². The highest BCUT2D eigenvalue weighted by molar-refractivity contribution is 5.44. The smallest absolute Gasteiger partial charge is 0.345 e. The van der Waals surface area contributed by atoms with Gasteiger partial charge in [-0.3, -0.25) is 0 Å². The fourth-order valence-corrected chi connectivity index (χ4v) is 1.80. The molecule has 6 heteroatoms. The van der Waals surface area contributed by atoms with Gasteiger partial charge in [-0.15, -0.1) is 0 Å². The largest absolute Gasteiger partial charge is 0.405 e. The van der Waals surface area contributed by atoms with Gasteiger partial charge < -0.3 is 10.6 Å². The molecule has 0 saturated carbocycles. The fourth-order valence-electron chi connectivity index (χ4n) is 1.80. The van der Waals surface area contributed by atoms with Crippen LogP contribution < -0.4 is 10.6 Å². The first-order valence-electron chi connectivity index (χ1n) is 6.30. The number of hydrogen-bond acceptors (Lipinski definition) is 3. The molecule has 3 nitrogen and oxygen atoms in total. The van der Waals surface area contributed by atoms with Crippen LogP contribution in [0.4, 0.5) is 19.0 Å². The predicted octanol–water partition coefficient (Wildman–Crippen LogP) is 2.88. The molecule has 19 heavy (non-hydrogen) atoms. The van der Waals surface area contributed by atoms with Crippen molar-refractivity contribution in [1.29, 1.82) is 0 Å². The number of aryl methyl sites for hydroxylation is 1. The average molecular weight is 275 g/mol. The van der Waals surface area contributed by atoms with Crippen molar-refractivity contribution < 1.29 is 13.2 Å². The lowest BCUT2D eigenvalue weighted by atomic mass is 10.1. The summed E-state index contributed by atoms with van der Waals surface area (Å²) in [4.78, 5) is 5.52. The van der Waals surface area contributed by atoms with Crippen molar-refractivity contribution in [2.45, 2.75) is 46.0 Å². The second-order valence-corrected chi connectivity index (χ2v) is 4.72. The summed E-state index contributed by atoms with van der Waals surface area (Å²) in [6.07, 6.45) is -3.59. The molecule has 0 aliphatic heterocycles. The zero-order chi connectivity index (χ0) is 14.6. The Bertz CT molecular complexity index is 394. The van der Waals surface area contributed by atoms with Crippen molar-refractivity contribution in [3.05, 3.63) is 23.4 Å². The summed E-state index contributed by atoms with van der Waals surface area (Å²) in [5.74, 6) is 0.340. The van der Waals surface area contributed by atoms with Gasteiger partial charge in [0.05, 0.1) is 0 Å². The van der Waals surface area contributed by atoms with Crippen LogP contribution in [0.3, 0.4) is 0 Å². The zero-order valence-corrected chi connectivity index (χ0v) is 11.5. The molecular formula is C13H20F3N3. The second-order valence-electron chi connectivity index (χ2n) is 4.72. The van der Waals surface area contributed by atoms with Gasteiger partial charge >= 0.3 is 6.18 Å². The third kappa shape index (κ3) is 4.70. The van der Waals surface area contributed by atoms with E-state index in [1.165, 1.54) is 4.90 Å². The van der Waals surface area contributed by atoms with Gasteiger partial charge in [-0.05, 0) is 38.0 Å². The minimum atomic E-state index is -4.25. The summed E-state index contributed by atoms with van der Waals surface area (Å²) in [5.41, 5.74) is 7.13. The van der Waals surface area contributed by atoms with Gasteiger partial charge in [0.1, 0.15) is 12.4 Å². The molecule has 1 rings (SSSR count). The van der Waals surface area contributed by atoms with Gasteiger partial charge in [0.25, 0.3) is 0 Å². The summed E-state index contributed by atoms with van der Waals surface area (Å²) in [6.45, 7) is 4.63. The lowest BCUT2D eigenvalue weighted by molar-refractivity contribution is -0.120. The molecule has 1 aromatic rings. The maximum Gasteiger partial charge on any atom is 0.405 e. The number of pyridine rings is 1. The average Bonchev–Trinajstić information content (AvgIpc) is 2.33. The molecule has 108 valence electrons. The van der Waals surface area contributed by atoms with Gasteiger partial charge in [0.2, 0.25) is 0 Å². The number of aromatic nitrogens is 1. The Morgan fingerprint density at radius 1 is 1.32 bits per heavy atom. The van der Waals surface area contributed by atoms with E-state index in [0.29, 0.717) is 18.8 Å².